The molecule has 4 nitrogen and oxygen atoms in total. The Morgan fingerprint density at radius 3 is 2.57 bits per heavy atom. The molecule has 0 aliphatic carbocycles. The summed E-state index contributed by atoms with van der Waals surface area (Å²) in [5, 5.41) is 18.9. The highest BCUT2D eigenvalue weighted by molar-refractivity contribution is 5.74. The Morgan fingerprint density at radius 2 is 1.83 bits per heavy atom. The van der Waals surface area contributed by atoms with Crippen molar-refractivity contribution in [3.8, 4) is 17.3 Å². The first-order valence-electron chi connectivity index (χ1n) is 6.72. The van der Waals surface area contributed by atoms with E-state index < -0.39 is 5.82 Å². The third-order valence-electron chi connectivity index (χ3n) is 3.26. The zero-order valence-corrected chi connectivity index (χ0v) is 11.8. The van der Waals surface area contributed by atoms with E-state index in [1.807, 2.05) is 6.07 Å². The molecule has 0 fully saturated rings. The molecule has 0 aliphatic heterocycles. The van der Waals surface area contributed by atoms with Crippen LogP contribution in [0.5, 0.6) is 0 Å². The fourth-order valence-electron chi connectivity index (χ4n) is 2.09. The van der Waals surface area contributed by atoms with Gasteiger partial charge in [-0.05, 0) is 35.9 Å². The molecule has 0 bridgehead atoms. The minimum Gasteiger partial charge on any atom is -0.247 e. The monoisotopic (exact) mass is 308 g/mol. The van der Waals surface area contributed by atoms with Crippen molar-refractivity contribution >= 4 is 12.2 Å². The van der Waals surface area contributed by atoms with E-state index in [1.165, 1.54) is 24.3 Å². The summed E-state index contributed by atoms with van der Waals surface area (Å²) >= 11 is 0. The summed E-state index contributed by atoms with van der Waals surface area (Å²) in [4.78, 5) is 0. The van der Waals surface area contributed by atoms with Gasteiger partial charge in [0.15, 0.2) is 5.69 Å². The first kappa shape index (κ1) is 14.6. The van der Waals surface area contributed by atoms with E-state index in [2.05, 4.69) is 15.4 Å². The second-order valence-electron chi connectivity index (χ2n) is 4.77. The van der Waals surface area contributed by atoms with Gasteiger partial charge in [-0.15, -0.1) is 5.10 Å². The van der Waals surface area contributed by atoms with E-state index in [0.29, 0.717) is 16.8 Å². The minimum atomic E-state index is -0.408. The smallest absolute Gasteiger partial charge is 0.163 e. The van der Waals surface area contributed by atoms with E-state index in [4.69, 9.17) is 5.26 Å². The Morgan fingerprint density at radius 1 is 1.04 bits per heavy atom. The van der Waals surface area contributed by atoms with Gasteiger partial charge in [-0.2, -0.15) is 5.26 Å². The van der Waals surface area contributed by atoms with Crippen LogP contribution < -0.4 is 0 Å². The molecule has 0 saturated carbocycles. The number of hydrogen-bond donors (Lipinski definition) is 1. The normalized spacial score (nSPS) is 10.8. The fourth-order valence-corrected chi connectivity index (χ4v) is 2.09. The Hall–Kier alpha value is -3.33. The van der Waals surface area contributed by atoms with Gasteiger partial charge in [-0.3, -0.25) is 0 Å². The van der Waals surface area contributed by atoms with Crippen molar-refractivity contribution in [3.05, 3.63) is 70.9 Å². The van der Waals surface area contributed by atoms with Crippen molar-refractivity contribution in [2.24, 2.45) is 0 Å². The minimum absolute atomic E-state index is 0.213. The SMILES string of the molecule is N#Cc1[nH]nnc1-c1ccc(F)c(/C=C/c2ccc(F)cc2)c1. The van der Waals surface area contributed by atoms with Crippen molar-refractivity contribution in [1.82, 2.24) is 15.4 Å². The fraction of sp³-hybridized carbons (Fsp3) is 0. The molecule has 112 valence electrons. The molecule has 0 unspecified atom stereocenters. The van der Waals surface area contributed by atoms with Gasteiger partial charge in [0.05, 0.1) is 0 Å². The van der Waals surface area contributed by atoms with Crippen LogP contribution >= 0.6 is 0 Å². The average molecular weight is 308 g/mol. The summed E-state index contributed by atoms with van der Waals surface area (Å²) in [5.74, 6) is -0.737. The maximum atomic E-state index is 13.9. The van der Waals surface area contributed by atoms with E-state index >= 15 is 0 Å². The highest BCUT2D eigenvalue weighted by Gasteiger charge is 2.11. The second-order valence-corrected chi connectivity index (χ2v) is 4.77. The Bertz CT molecular complexity index is 905. The number of nitriles is 1. The molecule has 0 saturated heterocycles. The molecule has 6 heteroatoms. The summed E-state index contributed by atoms with van der Waals surface area (Å²) in [6.45, 7) is 0. The summed E-state index contributed by atoms with van der Waals surface area (Å²) in [7, 11) is 0. The molecular weight excluding hydrogens is 298 g/mol. The molecule has 0 radical (unpaired) electrons. The molecule has 23 heavy (non-hydrogen) atoms. The van der Waals surface area contributed by atoms with Crippen molar-refractivity contribution in [3.63, 3.8) is 0 Å². The van der Waals surface area contributed by atoms with Crippen molar-refractivity contribution < 1.29 is 8.78 Å². The molecule has 1 aromatic heterocycles. The molecule has 3 rings (SSSR count). The van der Waals surface area contributed by atoms with Crippen LogP contribution in [0.4, 0.5) is 8.78 Å². The van der Waals surface area contributed by atoms with Gasteiger partial charge in [0, 0.05) is 11.1 Å². The highest BCUT2D eigenvalue weighted by atomic mass is 19.1. The Balaban J connectivity index is 1.95. The number of hydrogen-bond acceptors (Lipinski definition) is 3. The lowest BCUT2D eigenvalue weighted by Crippen LogP contribution is -1.87. The lowest BCUT2D eigenvalue weighted by atomic mass is 10.0. The zero-order valence-electron chi connectivity index (χ0n) is 11.8. The number of rotatable bonds is 3. The topological polar surface area (TPSA) is 65.4 Å². The van der Waals surface area contributed by atoms with Crippen LogP contribution in [0.1, 0.15) is 16.8 Å². The number of aromatic amines is 1. The molecular formula is C17H10F2N4. The summed E-state index contributed by atoms with van der Waals surface area (Å²) < 4.78 is 26.8. The number of H-pyrrole nitrogens is 1. The Labute approximate surface area is 130 Å². The lowest BCUT2D eigenvalue weighted by molar-refractivity contribution is 0.625. The predicted octanol–water partition coefficient (Wildman–Crippen LogP) is 3.79. The number of nitrogens with zero attached hydrogens (tertiary/aromatic N) is 3. The predicted molar refractivity (Wildman–Crippen MR) is 81.8 cm³/mol. The summed E-state index contributed by atoms with van der Waals surface area (Å²) in [6.07, 6.45) is 3.26. The van der Waals surface area contributed by atoms with E-state index in [1.54, 1.807) is 30.4 Å². The molecule has 0 atom stereocenters. The Kier molecular flexibility index (Phi) is 3.93. The van der Waals surface area contributed by atoms with Gasteiger partial charge in [-0.1, -0.05) is 29.5 Å². The zero-order chi connectivity index (χ0) is 16.2. The van der Waals surface area contributed by atoms with Crippen LogP contribution in [-0.4, -0.2) is 15.4 Å². The highest BCUT2D eigenvalue weighted by Crippen LogP contribution is 2.23. The third kappa shape index (κ3) is 3.14. The van der Waals surface area contributed by atoms with Crippen molar-refractivity contribution in [2.75, 3.05) is 0 Å². The van der Waals surface area contributed by atoms with Gasteiger partial charge in [0.25, 0.3) is 0 Å². The van der Waals surface area contributed by atoms with Crippen LogP contribution in [0.25, 0.3) is 23.4 Å². The van der Waals surface area contributed by atoms with Gasteiger partial charge in [0.1, 0.15) is 23.4 Å². The largest absolute Gasteiger partial charge is 0.247 e. The summed E-state index contributed by atoms with van der Waals surface area (Å²) in [6, 6.07) is 12.2. The molecule has 1 N–H and O–H groups in total. The van der Waals surface area contributed by atoms with Crippen LogP contribution in [0.2, 0.25) is 0 Å². The van der Waals surface area contributed by atoms with Crippen LogP contribution in [0.15, 0.2) is 42.5 Å². The number of aromatic nitrogens is 3. The van der Waals surface area contributed by atoms with E-state index in [-0.39, 0.29) is 11.5 Å². The van der Waals surface area contributed by atoms with E-state index in [0.717, 1.165) is 5.56 Å². The third-order valence-corrected chi connectivity index (χ3v) is 3.26. The van der Waals surface area contributed by atoms with Gasteiger partial charge < -0.3 is 0 Å². The average Bonchev–Trinajstić information content (AvgIpc) is 3.04. The molecule has 2 aromatic carbocycles. The van der Waals surface area contributed by atoms with Crippen molar-refractivity contribution in [2.45, 2.75) is 0 Å². The van der Waals surface area contributed by atoms with Crippen LogP contribution in [-0.2, 0) is 0 Å². The molecule has 0 aliphatic rings. The van der Waals surface area contributed by atoms with Gasteiger partial charge in [0.2, 0.25) is 0 Å². The molecule has 0 spiro atoms. The molecule has 1 heterocycles. The molecule has 0 amide bonds. The van der Waals surface area contributed by atoms with Crippen molar-refractivity contribution in [1.29, 1.82) is 5.26 Å². The summed E-state index contributed by atoms with van der Waals surface area (Å²) in [5.41, 5.74) is 2.23. The van der Waals surface area contributed by atoms with Crippen LogP contribution in [0, 0.1) is 23.0 Å². The van der Waals surface area contributed by atoms with Gasteiger partial charge in [-0.25, -0.2) is 13.9 Å². The maximum absolute atomic E-state index is 13.9. The van der Waals surface area contributed by atoms with E-state index in [9.17, 15) is 8.78 Å². The van der Waals surface area contributed by atoms with Crippen LogP contribution in [0.3, 0.4) is 0 Å². The number of nitrogens with one attached hydrogen (secondary N) is 1. The van der Waals surface area contributed by atoms with Gasteiger partial charge >= 0.3 is 0 Å². The first-order chi connectivity index (χ1) is 11.2. The number of benzene rings is 2. The maximum Gasteiger partial charge on any atom is 0.163 e. The quantitative estimate of drug-likeness (QED) is 0.749. The lowest BCUT2D eigenvalue weighted by Gasteiger charge is -2.01. The second kappa shape index (κ2) is 6.20. The first-order valence-corrected chi connectivity index (χ1v) is 6.72. The molecule has 3 aromatic rings. The number of halogens is 2. The standard InChI is InChI=1S/C17H10F2N4/c18-14-6-2-11(3-7-14)1-4-12-9-13(5-8-15(12)19)17-16(10-20)21-23-22-17/h1-9H,(H,21,22,23)/b4-1+.